The molecule has 0 aromatic heterocycles. The Bertz CT molecular complexity index is 405. The molecule has 20 heavy (non-hydrogen) atoms. The number of nitrogens with zero attached hydrogens (tertiary/aromatic N) is 1. The van der Waals surface area contributed by atoms with Crippen LogP contribution in [0.25, 0.3) is 0 Å². The maximum atomic E-state index is 6.33. The van der Waals surface area contributed by atoms with Gasteiger partial charge < -0.3 is 5.73 Å². The Labute approximate surface area is 133 Å². The van der Waals surface area contributed by atoms with Crippen molar-refractivity contribution in [1.82, 2.24) is 4.90 Å². The number of nitrogens with two attached hydrogens (primary N) is 1. The molecule has 0 saturated heterocycles. The summed E-state index contributed by atoms with van der Waals surface area (Å²) < 4.78 is 0. The van der Waals surface area contributed by atoms with E-state index >= 15 is 0 Å². The van der Waals surface area contributed by atoms with Crippen LogP contribution < -0.4 is 5.73 Å². The molecular formula is C16H26Cl2N2. The van der Waals surface area contributed by atoms with E-state index in [2.05, 4.69) is 25.7 Å². The molecule has 4 heteroatoms. The molecule has 0 spiro atoms. The lowest BCUT2D eigenvalue weighted by molar-refractivity contribution is 0.174. The summed E-state index contributed by atoms with van der Waals surface area (Å²) in [6.07, 6.45) is 2.38. The summed E-state index contributed by atoms with van der Waals surface area (Å²) in [7, 11) is 0. The van der Waals surface area contributed by atoms with Crippen LogP contribution in [0.4, 0.5) is 0 Å². The van der Waals surface area contributed by atoms with Gasteiger partial charge in [0, 0.05) is 29.2 Å². The number of halogens is 2. The zero-order valence-electron chi connectivity index (χ0n) is 12.7. The molecule has 114 valence electrons. The lowest BCUT2D eigenvalue weighted by atomic mass is 9.99. The molecule has 1 unspecified atom stereocenters. The third kappa shape index (κ3) is 4.63. The van der Waals surface area contributed by atoms with E-state index in [1.165, 1.54) is 12.8 Å². The largest absolute Gasteiger partial charge is 0.329 e. The van der Waals surface area contributed by atoms with Gasteiger partial charge in [-0.2, -0.15) is 0 Å². The van der Waals surface area contributed by atoms with Crippen LogP contribution in [0.1, 0.15) is 45.2 Å². The molecule has 0 fully saturated rings. The summed E-state index contributed by atoms with van der Waals surface area (Å²) in [5.74, 6) is 0.696. The highest BCUT2D eigenvalue weighted by molar-refractivity contribution is 6.33. The van der Waals surface area contributed by atoms with Gasteiger partial charge in [-0.3, -0.25) is 4.90 Å². The third-order valence-electron chi connectivity index (χ3n) is 4.03. The first-order chi connectivity index (χ1) is 9.57. The van der Waals surface area contributed by atoms with Crippen molar-refractivity contribution >= 4 is 23.2 Å². The van der Waals surface area contributed by atoms with Gasteiger partial charge in [-0.25, -0.2) is 0 Å². The van der Waals surface area contributed by atoms with Crippen molar-refractivity contribution in [3.05, 3.63) is 33.8 Å². The number of hydrogen-bond donors (Lipinski definition) is 1. The SMILES string of the molecule is CCC(CC)CN(CC)C(CN)c1cc(Cl)ccc1Cl. The van der Waals surface area contributed by atoms with E-state index in [1.54, 1.807) is 0 Å². The molecule has 0 heterocycles. The monoisotopic (exact) mass is 316 g/mol. The number of hydrogen-bond acceptors (Lipinski definition) is 2. The Morgan fingerprint density at radius 1 is 1.15 bits per heavy atom. The molecule has 1 rings (SSSR count). The van der Waals surface area contributed by atoms with Crippen LogP contribution in [0.5, 0.6) is 0 Å². The van der Waals surface area contributed by atoms with Gasteiger partial charge in [-0.05, 0) is 36.2 Å². The van der Waals surface area contributed by atoms with Gasteiger partial charge in [0.15, 0.2) is 0 Å². The van der Waals surface area contributed by atoms with Crippen molar-refractivity contribution in [3.8, 4) is 0 Å². The summed E-state index contributed by atoms with van der Waals surface area (Å²) in [6, 6.07) is 5.74. The number of benzene rings is 1. The van der Waals surface area contributed by atoms with E-state index in [0.29, 0.717) is 17.5 Å². The molecule has 1 aromatic rings. The fourth-order valence-corrected chi connectivity index (χ4v) is 3.02. The molecule has 0 aliphatic heterocycles. The fraction of sp³-hybridized carbons (Fsp3) is 0.625. The van der Waals surface area contributed by atoms with Gasteiger partial charge in [-0.1, -0.05) is 56.8 Å². The molecule has 0 bridgehead atoms. The molecule has 2 nitrogen and oxygen atoms in total. The number of likely N-dealkylation sites (N-methyl/N-ethyl adjacent to an activating group) is 1. The van der Waals surface area contributed by atoms with E-state index in [9.17, 15) is 0 Å². The summed E-state index contributed by atoms with van der Waals surface area (Å²) in [4.78, 5) is 2.41. The Balaban J connectivity index is 2.99. The third-order valence-corrected chi connectivity index (χ3v) is 4.61. The van der Waals surface area contributed by atoms with E-state index in [1.807, 2.05) is 18.2 Å². The molecule has 0 aliphatic carbocycles. The van der Waals surface area contributed by atoms with Crippen molar-refractivity contribution in [2.75, 3.05) is 19.6 Å². The molecule has 0 radical (unpaired) electrons. The second-order valence-electron chi connectivity index (χ2n) is 5.19. The highest BCUT2D eigenvalue weighted by Gasteiger charge is 2.22. The molecular weight excluding hydrogens is 291 g/mol. The van der Waals surface area contributed by atoms with Gasteiger partial charge >= 0.3 is 0 Å². The van der Waals surface area contributed by atoms with E-state index < -0.39 is 0 Å². The Morgan fingerprint density at radius 2 is 1.80 bits per heavy atom. The van der Waals surface area contributed by atoms with Crippen molar-refractivity contribution in [1.29, 1.82) is 0 Å². The van der Waals surface area contributed by atoms with E-state index in [-0.39, 0.29) is 6.04 Å². The minimum Gasteiger partial charge on any atom is -0.329 e. The first-order valence-electron chi connectivity index (χ1n) is 7.46. The van der Waals surface area contributed by atoms with Crippen LogP contribution in [0, 0.1) is 5.92 Å². The zero-order chi connectivity index (χ0) is 15.1. The lowest BCUT2D eigenvalue weighted by Crippen LogP contribution is -2.37. The van der Waals surface area contributed by atoms with Gasteiger partial charge in [0.05, 0.1) is 0 Å². The zero-order valence-corrected chi connectivity index (χ0v) is 14.2. The second-order valence-corrected chi connectivity index (χ2v) is 6.03. The highest BCUT2D eigenvalue weighted by Crippen LogP contribution is 2.30. The topological polar surface area (TPSA) is 29.3 Å². The summed E-state index contributed by atoms with van der Waals surface area (Å²) in [6.45, 7) is 9.21. The van der Waals surface area contributed by atoms with Crippen molar-refractivity contribution in [3.63, 3.8) is 0 Å². The van der Waals surface area contributed by atoms with Gasteiger partial charge in [-0.15, -0.1) is 0 Å². The maximum absolute atomic E-state index is 6.33. The molecule has 0 saturated carbocycles. The summed E-state index contributed by atoms with van der Waals surface area (Å²) >= 11 is 12.4. The maximum Gasteiger partial charge on any atom is 0.0485 e. The standard InChI is InChI=1S/C16H26Cl2N2/c1-4-12(5-2)11-20(6-3)16(10-19)14-9-13(17)7-8-15(14)18/h7-9,12,16H,4-6,10-11,19H2,1-3H3. The first kappa shape index (κ1) is 17.8. The highest BCUT2D eigenvalue weighted by atomic mass is 35.5. The molecule has 0 amide bonds. The van der Waals surface area contributed by atoms with Crippen LogP contribution >= 0.6 is 23.2 Å². The van der Waals surface area contributed by atoms with Gasteiger partial charge in [0.1, 0.15) is 0 Å². The number of rotatable bonds is 8. The smallest absolute Gasteiger partial charge is 0.0485 e. The quantitative estimate of drug-likeness (QED) is 0.749. The van der Waals surface area contributed by atoms with Gasteiger partial charge in [0.2, 0.25) is 0 Å². The van der Waals surface area contributed by atoms with Gasteiger partial charge in [0.25, 0.3) is 0 Å². The van der Waals surface area contributed by atoms with Crippen molar-refractivity contribution in [2.45, 2.75) is 39.7 Å². The predicted octanol–water partition coefficient (Wildman–Crippen LogP) is 4.75. The van der Waals surface area contributed by atoms with Crippen LogP contribution in [0.3, 0.4) is 0 Å². The average Bonchev–Trinajstić information content (AvgIpc) is 2.46. The van der Waals surface area contributed by atoms with Crippen molar-refractivity contribution < 1.29 is 0 Å². The second kappa shape index (κ2) is 8.89. The lowest BCUT2D eigenvalue weighted by Gasteiger charge is -2.33. The molecule has 1 atom stereocenters. The van der Waals surface area contributed by atoms with Crippen LogP contribution in [-0.4, -0.2) is 24.5 Å². The molecule has 0 aliphatic rings. The minimum absolute atomic E-state index is 0.131. The predicted molar refractivity (Wildman–Crippen MR) is 89.6 cm³/mol. The minimum atomic E-state index is 0.131. The van der Waals surface area contributed by atoms with Crippen molar-refractivity contribution in [2.24, 2.45) is 11.7 Å². The Hall–Kier alpha value is -0.280. The normalized spacial score (nSPS) is 13.2. The van der Waals surface area contributed by atoms with Crippen LogP contribution in [-0.2, 0) is 0 Å². The van der Waals surface area contributed by atoms with E-state index in [4.69, 9.17) is 28.9 Å². The molecule has 2 N–H and O–H groups in total. The summed E-state index contributed by atoms with van der Waals surface area (Å²) in [5, 5.41) is 1.45. The average molecular weight is 317 g/mol. The fourth-order valence-electron chi connectivity index (χ4n) is 2.60. The van der Waals surface area contributed by atoms with Crippen LogP contribution in [0.15, 0.2) is 18.2 Å². The van der Waals surface area contributed by atoms with Crippen LogP contribution in [0.2, 0.25) is 10.0 Å². The Morgan fingerprint density at radius 3 is 2.30 bits per heavy atom. The first-order valence-corrected chi connectivity index (χ1v) is 8.21. The Kier molecular flexibility index (Phi) is 7.90. The summed E-state index contributed by atoms with van der Waals surface area (Å²) in [5.41, 5.74) is 7.05. The molecule has 1 aromatic carbocycles. The van der Waals surface area contributed by atoms with E-state index in [0.717, 1.165) is 23.7 Å².